The van der Waals surface area contributed by atoms with E-state index in [4.69, 9.17) is 0 Å². The van der Waals surface area contributed by atoms with E-state index < -0.39 is 24.2 Å². The van der Waals surface area contributed by atoms with E-state index in [1.54, 1.807) is 24.3 Å². The average molecular weight is 753 g/mol. The quantitative estimate of drug-likeness (QED) is 0.0757. The van der Waals surface area contributed by atoms with E-state index in [0.29, 0.717) is 62.7 Å². The molecule has 0 radical (unpaired) electrons. The molecule has 12 nitrogen and oxygen atoms in total. The Labute approximate surface area is 314 Å². The standard InChI is InChI=1S/C38H52N6O6S2/c45-33-23-13-21-29(41-33)37(49)43-31(35(47)39-27-15-5-1-6-16-27)19-9-3-11-25-51-52-26-12-4-10-20-32(36(48)40-28-17-7-2-8-18-28)44-38(50)30-22-14-24-34(46)42-30/h1-2,5-8,15-18,29-32H,3-4,9-14,19-26H2,(H,39,47)(H,40,48)(H,41,45)(H,42,46)(H,43,49)(H,44,50)/t29-,30-,31-,32-/m0/s1. The number of piperidine rings is 2. The Hall–Kier alpha value is -4.04. The van der Waals surface area contributed by atoms with Crippen LogP contribution in [0.25, 0.3) is 0 Å². The predicted octanol–water partition coefficient (Wildman–Crippen LogP) is 5.07. The van der Waals surface area contributed by atoms with E-state index in [-0.39, 0.29) is 35.4 Å². The molecule has 2 aliphatic heterocycles. The molecular weight excluding hydrogens is 701 g/mol. The van der Waals surface area contributed by atoms with Gasteiger partial charge in [-0.25, -0.2) is 0 Å². The molecule has 0 aromatic heterocycles. The third-order valence-electron chi connectivity index (χ3n) is 8.97. The van der Waals surface area contributed by atoms with Crippen molar-refractivity contribution in [2.75, 3.05) is 22.1 Å². The van der Waals surface area contributed by atoms with Crippen molar-refractivity contribution in [2.45, 2.75) is 114 Å². The van der Waals surface area contributed by atoms with Crippen molar-refractivity contribution in [3.05, 3.63) is 60.7 Å². The van der Waals surface area contributed by atoms with E-state index in [0.717, 1.165) is 50.0 Å². The van der Waals surface area contributed by atoms with Crippen molar-refractivity contribution in [3.8, 4) is 0 Å². The Balaban J connectivity index is 1.11. The molecule has 2 saturated heterocycles. The summed E-state index contributed by atoms with van der Waals surface area (Å²) in [5.74, 6) is 0.478. The second-order valence-electron chi connectivity index (χ2n) is 13.2. The fourth-order valence-electron chi connectivity index (χ4n) is 6.08. The largest absolute Gasteiger partial charge is 0.344 e. The number of amides is 6. The molecule has 0 bridgehead atoms. The summed E-state index contributed by atoms with van der Waals surface area (Å²) in [5, 5.41) is 17.0. The molecule has 0 saturated carbocycles. The fourth-order valence-corrected chi connectivity index (χ4v) is 8.37. The number of carbonyl (C=O) groups is 6. The lowest BCUT2D eigenvalue weighted by Crippen LogP contribution is -2.53. The van der Waals surface area contributed by atoms with Crippen LogP contribution in [-0.2, 0) is 28.8 Å². The minimum Gasteiger partial charge on any atom is -0.344 e. The normalized spacial score (nSPS) is 18.2. The first-order chi connectivity index (χ1) is 25.3. The van der Waals surface area contributed by atoms with Crippen molar-refractivity contribution in [3.63, 3.8) is 0 Å². The van der Waals surface area contributed by atoms with Crippen molar-refractivity contribution >= 4 is 68.4 Å². The van der Waals surface area contributed by atoms with E-state index in [1.807, 2.05) is 58.0 Å². The lowest BCUT2D eigenvalue weighted by molar-refractivity contribution is -0.132. The maximum absolute atomic E-state index is 13.1. The predicted molar refractivity (Wildman–Crippen MR) is 207 cm³/mol. The molecule has 2 heterocycles. The first-order valence-corrected chi connectivity index (χ1v) is 20.9. The average Bonchev–Trinajstić information content (AvgIpc) is 3.14. The van der Waals surface area contributed by atoms with Crippen LogP contribution in [0.1, 0.15) is 89.9 Å². The van der Waals surface area contributed by atoms with Gasteiger partial charge in [-0.2, -0.15) is 0 Å². The Kier molecular flexibility index (Phi) is 17.9. The van der Waals surface area contributed by atoms with Gasteiger partial charge in [0.05, 0.1) is 0 Å². The topological polar surface area (TPSA) is 175 Å². The number of benzene rings is 2. The molecular formula is C38H52N6O6S2. The van der Waals surface area contributed by atoms with E-state index in [1.165, 1.54) is 0 Å². The summed E-state index contributed by atoms with van der Waals surface area (Å²) in [5.41, 5.74) is 1.33. The van der Waals surface area contributed by atoms with E-state index in [2.05, 4.69) is 31.9 Å². The van der Waals surface area contributed by atoms with Gasteiger partial charge in [0.25, 0.3) is 0 Å². The molecule has 2 fully saturated rings. The molecule has 0 aliphatic carbocycles. The van der Waals surface area contributed by atoms with Gasteiger partial charge in [0, 0.05) is 35.7 Å². The number of nitrogens with one attached hydrogen (secondary N) is 6. The zero-order valence-corrected chi connectivity index (χ0v) is 31.3. The summed E-state index contributed by atoms with van der Waals surface area (Å²) in [6.45, 7) is 0. The Morgan fingerprint density at radius 2 is 1.00 bits per heavy atom. The van der Waals surface area contributed by atoms with Crippen LogP contribution in [0, 0.1) is 0 Å². The Bertz CT molecular complexity index is 1360. The molecule has 282 valence electrons. The van der Waals surface area contributed by atoms with E-state index in [9.17, 15) is 28.8 Å². The SMILES string of the molecule is O=C1CCC[C@@H](C(=O)N[C@@H](CCCCCSSCCCCC[C@H](NC(=O)[C@@H]2CCCC(=O)N2)C(=O)Nc2ccccc2)C(=O)Nc2ccccc2)N1. The fraction of sp³-hybridized carbons (Fsp3) is 0.526. The van der Waals surface area contributed by atoms with E-state index >= 15 is 0 Å². The monoisotopic (exact) mass is 752 g/mol. The van der Waals surface area contributed by atoms with Crippen LogP contribution in [0.4, 0.5) is 11.4 Å². The molecule has 0 spiro atoms. The first-order valence-electron chi connectivity index (χ1n) is 18.4. The van der Waals surface area contributed by atoms with Gasteiger partial charge in [-0.15, -0.1) is 0 Å². The molecule has 2 aromatic rings. The summed E-state index contributed by atoms with van der Waals surface area (Å²) < 4.78 is 0. The number of hydrogen-bond acceptors (Lipinski definition) is 8. The second kappa shape index (κ2) is 22.8. The number of rotatable bonds is 21. The molecule has 14 heteroatoms. The highest BCUT2D eigenvalue weighted by Gasteiger charge is 2.30. The van der Waals surface area contributed by atoms with Crippen LogP contribution in [0.5, 0.6) is 0 Å². The van der Waals surface area contributed by atoms with Gasteiger partial charge in [-0.05, 0) is 75.6 Å². The van der Waals surface area contributed by atoms with Crippen LogP contribution >= 0.6 is 21.6 Å². The summed E-state index contributed by atoms with van der Waals surface area (Å²) in [6.07, 6.45) is 9.62. The zero-order valence-electron chi connectivity index (χ0n) is 29.7. The number of carbonyl (C=O) groups excluding carboxylic acids is 6. The highest BCUT2D eigenvalue weighted by molar-refractivity contribution is 8.76. The molecule has 6 amide bonds. The summed E-state index contributed by atoms with van der Waals surface area (Å²) in [7, 11) is 3.63. The summed E-state index contributed by atoms with van der Waals surface area (Å²) >= 11 is 0. The van der Waals surface area contributed by atoms with Gasteiger partial charge in [-0.1, -0.05) is 83.7 Å². The summed E-state index contributed by atoms with van der Waals surface area (Å²) in [6, 6.07) is 15.7. The maximum atomic E-state index is 13.1. The number of para-hydroxylation sites is 2. The van der Waals surface area contributed by atoms with Gasteiger partial charge in [0.2, 0.25) is 35.4 Å². The first kappa shape index (κ1) is 40.7. The number of hydrogen-bond donors (Lipinski definition) is 6. The van der Waals surface area contributed by atoms with Gasteiger partial charge >= 0.3 is 0 Å². The van der Waals surface area contributed by atoms with Crippen molar-refractivity contribution in [1.29, 1.82) is 0 Å². The van der Waals surface area contributed by atoms with Crippen molar-refractivity contribution in [2.24, 2.45) is 0 Å². The molecule has 2 aliphatic rings. The highest BCUT2D eigenvalue weighted by atomic mass is 33.1. The highest BCUT2D eigenvalue weighted by Crippen LogP contribution is 2.25. The molecule has 52 heavy (non-hydrogen) atoms. The van der Waals surface area contributed by atoms with Gasteiger partial charge in [-0.3, -0.25) is 28.8 Å². The summed E-state index contributed by atoms with van der Waals surface area (Å²) in [4.78, 5) is 75.6. The molecule has 6 N–H and O–H groups in total. The van der Waals surface area contributed by atoms with Crippen LogP contribution in [0.3, 0.4) is 0 Å². The van der Waals surface area contributed by atoms with Crippen LogP contribution in [0.2, 0.25) is 0 Å². The van der Waals surface area contributed by atoms with Gasteiger partial charge in [0.1, 0.15) is 24.2 Å². The molecule has 2 aromatic carbocycles. The maximum Gasteiger partial charge on any atom is 0.246 e. The molecule has 4 rings (SSSR count). The van der Waals surface area contributed by atoms with Crippen molar-refractivity contribution < 1.29 is 28.8 Å². The lowest BCUT2D eigenvalue weighted by Gasteiger charge is -2.25. The minimum absolute atomic E-state index is 0.141. The van der Waals surface area contributed by atoms with Crippen LogP contribution in [-0.4, -0.2) is 71.1 Å². The zero-order chi connectivity index (χ0) is 37.0. The van der Waals surface area contributed by atoms with Crippen molar-refractivity contribution in [1.82, 2.24) is 21.3 Å². The Morgan fingerprint density at radius 1 is 0.596 bits per heavy atom. The number of anilines is 2. The number of unbranched alkanes of at least 4 members (excludes halogenated alkanes) is 4. The lowest BCUT2D eigenvalue weighted by atomic mass is 10.0. The third kappa shape index (κ3) is 14.9. The van der Waals surface area contributed by atoms with Crippen LogP contribution in [0.15, 0.2) is 60.7 Å². The van der Waals surface area contributed by atoms with Crippen LogP contribution < -0.4 is 31.9 Å². The minimum atomic E-state index is -0.695. The van der Waals surface area contributed by atoms with Gasteiger partial charge < -0.3 is 31.9 Å². The molecule has 4 atom stereocenters. The van der Waals surface area contributed by atoms with Gasteiger partial charge in [0.15, 0.2) is 0 Å². The Morgan fingerprint density at radius 3 is 1.38 bits per heavy atom. The third-order valence-corrected chi connectivity index (χ3v) is 11.5. The second-order valence-corrected chi connectivity index (χ2v) is 15.9. The molecule has 0 unspecified atom stereocenters. The smallest absolute Gasteiger partial charge is 0.246 e.